The fourth-order valence-electron chi connectivity index (χ4n) is 3.48. The standard InChI is InChI=1S/C19H22ClNO/c20-18-8-6-16(7-9-18)19-14-21(13-17(19)10-11-22)12-15-4-2-1-3-5-15/h1-9,17,19,22H,10-14H2/t17?,19-/m1/s1. The Morgan fingerprint density at radius 3 is 2.41 bits per heavy atom. The second-order valence-corrected chi connectivity index (χ2v) is 6.55. The van der Waals surface area contributed by atoms with E-state index in [4.69, 9.17) is 11.6 Å². The molecule has 0 amide bonds. The summed E-state index contributed by atoms with van der Waals surface area (Å²) in [5.74, 6) is 0.989. The van der Waals surface area contributed by atoms with E-state index >= 15 is 0 Å². The molecule has 0 spiro atoms. The highest BCUT2D eigenvalue weighted by Gasteiger charge is 2.33. The van der Waals surface area contributed by atoms with Crippen LogP contribution in [0.4, 0.5) is 0 Å². The SMILES string of the molecule is OCCC1CN(Cc2ccccc2)C[C@@H]1c1ccc(Cl)cc1. The number of nitrogens with zero attached hydrogens (tertiary/aromatic N) is 1. The molecule has 0 bridgehead atoms. The van der Waals surface area contributed by atoms with Gasteiger partial charge in [-0.1, -0.05) is 54.1 Å². The van der Waals surface area contributed by atoms with Gasteiger partial charge < -0.3 is 5.11 Å². The quantitative estimate of drug-likeness (QED) is 0.903. The van der Waals surface area contributed by atoms with Gasteiger partial charge in [-0.2, -0.15) is 0 Å². The Morgan fingerprint density at radius 1 is 1.00 bits per heavy atom. The molecule has 3 rings (SSSR count). The fourth-order valence-corrected chi connectivity index (χ4v) is 3.60. The molecular weight excluding hydrogens is 294 g/mol. The van der Waals surface area contributed by atoms with Gasteiger partial charge >= 0.3 is 0 Å². The second kappa shape index (κ2) is 7.28. The molecule has 1 aliphatic heterocycles. The summed E-state index contributed by atoms with van der Waals surface area (Å²) in [6.07, 6.45) is 0.860. The lowest BCUT2D eigenvalue weighted by Gasteiger charge is -2.17. The summed E-state index contributed by atoms with van der Waals surface area (Å²) >= 11 is 6.00. The number of rotatable bonds is 5. The maximum absolute atomic E-state index is 9.37. The third-order valence-electron chi connectivity index (χ3n) is 4.56. The largest absolute Gasteiger partial charge is 0.396 e. The summed E-state index contributed by atoms with van der Waals surface area (Å²) in [5, 5.41) is 10.2. The number of likely N-dealkylation sites (tertiary alicyclic amines) is 1. The maximum Gasteiger partial charge on any atom is 0.0434 e. The van der Waals surface area contributed by atoms with Gasteiger partial charge in [-0.15, -0.1) is 0 Å². The van der Waals surface area contributed by atoms with Crippen LogP contribution < -0.4 is 0 Å². The van der Waals surface area contributed by atoms with Crippen LogP contribution in [0.3, 0.4) is 0 Å². The molecule has 0 saturated carbocycles. The number of aliphatic hydroxyl groups excluding tert-OH is 1. The molecule has 116 valence electrons. The smallest absolute Gasteiger partial charge is 0.0434 e. The molecule has 2 aromatic rings. The lowest BCUT2D eigenvalue weighted by Crippen LogP contribution is -2.20. The van der Waals surface area contributed by atoms with Gasteiger partial charge in [0.25, 0.3) is 0 Å². The molecule has 22 heavy (non-hydrogen) atoms. The monoisotopic (exact) mass is 315 g/mol. The predicted octanol–water partition coefficient (Wildman–Crippen LogP) is 3.94. The van der Waals surface area contributed by atoms with E-state index in [1.807, 2.05) is 12.1 Å². The molecule has 1 unspecified atom stereocenters. The normalized spacial score (nSPS) is 22.1. The lowest BCUT2D eigenvalue weighted by atomic mass is 9.87. The molecule has 1 saturated heterocycles. The Hall–Kier alpha value is -1.35. The van der Waals surface area contributed by atoms with Gasteiger partial charge in [0.05, 0.1) is 0 Å². The molecule has 3 heteroatoms. The first kappa shape index (κ1) is 15.5. The molecule has 1 fully saturated rings. The minimum atomic E-state index is 0.258. The van der Waals surface area contributed by atoms with E-state index < -0.39 is 0 Å². The van der Waals surface area contributed by atoms with Crippen molar-refractivity contribution in [3.05, 3.63) is 70.7 Å². The average Bonchev–Trinajstić information content (AvgIpc) is 2.92. The van der Waals surface area contributed by atoms with Crippen LogP contribution in [-0.2, 0) is 6.54 Å². The van der Waals surface area contributed by atoms with Crippen molar-refractivity contribution in [3.8, 4) is 0 Å². The van der Waals surface area contributed by atoms with E-state index in [0.717, 1.165) is 31.1 Å². The first-order valence-corrected chi connectivity index (χ1v) is 8.26. The summed E-state index contributed by atoms with van der Waals surface area (Å²) < 4.78 is 0. The van der Waals surface area contributed by atoms with Gasteiger partial charge in [0.1, 0.15) is 0 Å². The second-order valence-electron chi connectivity index (χ2n) is 6.11. The van der Waals surface area contributed by atoms with Crippen LogP contribution in [0.2, 0.25) is 5.02 Å². The third kappa shape index (κ3) is 3.70. The predicted molar refractivity (Wildman–Crippen MR) is 91.1 cm³/mol. The maximum atomic E-state index is 9.37. The first-order chi connectivity index (χ1) is 10.8. The molecule has 0 aliphatic carbocycles. The van der Waals surface area contributed by atoms with Gasteiger partial charge in [0.15, 0.2) is 0 Å². The van der Waals surface area contributed by atoms with E-state index in [0.29, 0.717) is 11.8 Å². The van der Waals surface area contributed by atoms with Crippen molar-refractivity contribution in [2.75, 3.05) is 19.7 Å². The molecule has 2 atom stereocenters. The van der Waals surface area contributed by atoms with Crippen molar-refractivity contribution >= 4 is 11.6 Å². The highest BCUT2D eigenvalue weighted by molar-refractivity contribution is 6.30. The lowest BCUT2D eigenvalue weighted by molar-refractivity contribution is 0.246. The molecular formula is C19H22ClNO. The molecule has 1 N–H and O–H groups in total. The Bertz CT molecular complexity index is 584. The van der Waals surface area contributed by atoms with Gasteiger partial charge in [-0.05, 0) is 35.6 Å². The van der Waals surface area contributed by atoms with Gasteiger partial charge in [-0.3, -0.25) is 4.90 Å². The van der Waals surface area contributed by atoms with E-state index in [9.17, 15) is 5.11 Å². The molecule has 1 heterocycles. The summed E-state index contributed by atoms with van der Waals surface area (Å²) in [7, 11) is 0. The zero-order valence-corrected chi connectivity index (χ0v) is 13.4. The molecule has 0 radical (unpaired) electrons. The average molecular weight is 316 g/mol. The van der Waals surface area contributed by atoms with Crippen LogP contribution in [0.1, 0.15) is 23.5 Å². The van der Waals surface area contributed by atoms with Crippen molar-refractivity contribution in [1.29, 1.82) is 0 Å². The molecule has 1 aliphatic rings. The Morgan fingerprint density at radius 2 is 1.73 bits per heavy atom. The van der Waals surface area contributed by atoms with Crippen LogP contribution in [0.15, 0.2) is 54.6 Å². The zero-order chi connectivity index (χ0) is 15.4. The van der Waals surface area contributed by atoms with Crippen LogP contribution in [0.25, 0.3) is 0 Å². The summed E-state index contributed by atoms with van der Waals surface area (Å²) in [6.45, 7) is 3.32. The first-order valence-electron chi connectivity index (χ1n) is 7.89. The van der Waals surface area contributed by atoms with Crippen LogP contribution in [0, 0.1) is 5.92 Å². The van der Waals surface area contributed by atoms with E-state index in [2.05, 4.69) is 47.4 Å². The molecule has 2 aromatic carbocycles. The van der Waals surface area contributed by atoms with Gasteiger partial charge in [-0.25, -0.2) is 0 Å². The Kier molecular flexibility index (Phi) is 5.14. The van der Waals surface area contributed by atoms with Crippen molar-refractivity contribution in [1.82, 2.24) is 4.90 Å². The summed E-state index contributed by atoms with van der Waals surface area (Å²) in [5.41, 5.74) is 2.68. The Labute approximate surface area is 137 Å². The summed E-state index contributed by atoms with van der Waals surface area (Å²) in [4.78, 5) is 2.49. The Balaban J connectivity index is 1.73. The van der Waals surface area contributed by atoms with Crippen molar-refractivity contribution in [3.63, 3.8) is 0 Å². The molecule has 2 nitrogen and oxygen atoms in total. The molecule has 0 aromatic heterocycles. The van der Waals surface area contributed by atoms with Crippen molar-refractivity contribution in [2.24, 2.45) is 5.92 Å². The topological polar surface area (TPSA) is 23.5 Å². The van der Waals surface area contributed by atoms with Crippen LogP contribution in [-0.4, -0.2) is 29.7 Å². The van der Waals surface area contributed by atoms with E-state index in [1.54, 1.807) is 0 Å². The van der Waals surface area contributed by atoms with Crippen molar-refractivity contribution in [2.45, 2.75) is 18.9 Å². The van der Waals surface area contributed by atoms with E-state index in [1.165, 1.54) is 11.1 Å². The highest BCUT2D eigenvalue weighted by Crippen LogP contribution is 2.35. The number of benzene rings is 2. The van der Waals surface area contributed by atoms with Gasteiger partial charge in [0.2, 0.25) is 0 Å². The van der Waals surface area contributed by atoms with E-state index in [-0.39, 0.29) is 6.61 Å². The zero-order valence-electron chi connectivity index (χ0n) is 12.7. The van der Waals surface area contributed by atoms with Crippen LogP contribution in [0.5, 0.6) is 0 Å². The third-order valence-corrected chi connectivity index (χ3v) is 4.82. The van der Waals surface area contributed by atoms with Crippen LogP contribution >= 0.6 is 11.6 Å². The number of aliphatic hydroxyl groups is 1. The number of hydrogen-bond donors (Lipinski definition) is 1. The highest BCUT2D eigenvalue weighted by atomic mass is 35.5. The minimum absolute atomic E-state index is 0.258. The van der Waals surface area contributed by atoms with Gasteiger partial charge in [0, 0.05) is 37.2 Å². The van der Waals surface area contributed by atoms with Crippen molar-refractivity contribution < 1.29 is 5.11 Å². The number of hydrogen-bond acceptors (Lipinski definition) is 2. The summed E-state index contributed by atoms with van der Waals surface area (Å²) in [6, 6.07) is 18.8. The fraction of sp³-hybridized carbons (Fsp3) is 0.368. The minimum Gasteiger partial charge on any atom is -0.396 e. The number of halogens is 1.